The van der Waals surface area contributed by atoms with Gasteiger partial charge in [0.2, 0.25) is 0 Å². The first-order valence-electron chi connectivity index (χ1n) is 14.2. The molecule has 0 amide bonds. The Morgan fingerprint density at radius 1 is 0.971 bits per heavy atom. The van der Waals surface area contributed by atoms with Gasteiger partial charge >= 0.3 is 5.97 Å². The lowest BCUT2D eigenvalue weighted by molar-refractivity contribution is -0.181. The van der Waals surface area contributed by atoms with Crippen LogP contribution in [0.1, 0.15) is 113 Å². The SMILES string of the molecule is COC(=O)[C@]12CCC(C)(C)C[C@H]1C1=CC[C@@H]3[C@@]4(C)CC/C(=N\O)C(C)(C)[C@@H]4CC[C@@]3(C)[C@]1(C)CC2. The third-order valence-electron chi connectivity index (χ3n) is 13.1. The van der Waals surface area contributed by atoms with Crippen LogP contribution < -0.4 is 0 Å². The minimum absolute atomic E-state index is 0.0359. The Kier molecular flexibility index (Phi) is 5.50. The number of carbonyl (C=O) groups excluding carboxylic acids is 1. The van der Waals surface area contributed by atoms with Crippen molar-refractivity contribution >= 4 is 11.7 Å². The summed E-state index contributed by atoms with van der Waals surface area (Å²) in [4.78, 5) is 13.4. The summed E-state index contributed by atoms with van der Waals surface area (Å²) in [6, 6.07) is 0. The maximum absolute atomic E-state index is 13.4. The van der Waals surface area contributed by atoms with Crippen LogP contribution in [0.3, 0.4) is 0 Å². The molecule has 0 aromatic heterocycles. The second-order valence-electron chi connectivity index (χ2n) is 15.1. The molecule has 0 saturated heterocycles. The first kappa shape index (κ1) is 25.3. The number of hydrogen-bond donors (Lipinski definition) is 1. The molecular formula is C31H49NO3. The van der Waals surface area contributed by atoms with Gasteiger partial charge in [-0.2, -0.15) is 0 Å². The van der Waals surface area contributed by atoms with E-state index in [0.29, 0.717) is 17.8 Å². The maximum atomic E-state index is 13.4. The number of esters is 1. The minimum Gasteiger partial charge on any atom is -0.469 e. The van der Waals surface area contributed by atoms with E-state index in [9.17, 15) is 10.0 Å². The predicted molar refractivity (Wildman–Crippen MR) is 140 cm³/mol. The fourth-order valence-corrected chi connectivity index (χ4v) is 10.8. The zero-order chi connectivity index (χ0) is 25.7. The lowest BCUT2D eigenvalue weighted by Crippen LogP contribution is -2.64. The molecule has 0 spiro atoms. The van der Waals surface area contributed by atoms with Crippen LogP contribution in [0, 0.1) is 50.2 Å². The van der Waals surface area contributed by atoms with Crippen LogP contribution in [0.4, 0.5) is 0 Å². The average molecular weight is 484 g/mol. The quantitative estimate of drug-likeness (QED) is 0.179. The lowest BCUT2D eigenvalue weighted by atomic mass is 9.33. The summed E-state index contributed by atoms with van der Waals surface area (Å²) in [7, 11) is 1.59. The fraction of sp³-hybridized carbons (Fsp3) is 0.871. The zero-order valence-electron chi connectivity index (χ0n) is 23.6. The highest BCUT2D eigenvalue weighted by Crippen LogP contribution is 2.75. The van der Waals surface area contributed by atoms with Gasteiger partial charge < -0.3 is 9.94 Å². The van der Waals surface area contributed by atoms with Gasteiger partial charge in [-0.3, -0.25) is 4.79 Å². The molecule has 0 heterocycles. The Morgan fingerprint density at radius 3 is 2.31 bits per heavy atom. The summed E-state index contributed by atoms with van der Waals surface area (Å²) in [6.07, 6.45) is 13.4. The summed E-state index contributed by atoms with van der Waals surface area (Å²) in [5.41, 5.74) is 3.02. The van der Waals surface area contributed by atoms with Gasteiger partial charge in [0.15, 0.2) is 0 Å². The molecule has 0 aromatic carbocycles. The van der Waals surface area contributed by atoms with Crippen molar-refractivity contribution in [3.05, 3.63) is 11.6 Å². The van der Waals surface area contributed by atoms with Crippen molar-refractivity contribution in [3.8, 4) is 0 Å². The van der Waals surface area contributed by atoms with Crippen LogP contribution >= 0.6 is 0 Å². The third kappa shape index (κ3) is 3.10. The summed E-state index contributed by atoms with van der Waals surface area (Å²) in [5.74, 6) is 1.49. The van der Waals surface area contributed by atoms with E-state index >= 15 is 0 Å². The molecule has 0 aromatic rings. The van der Waals surface area contributed by atoms with Crippen molar-refractivity contribution in [1.29, 1.82) is 0 Å². The summed E-state index contributed by atoms with van der Waals surface area (Å²) in [6.45, 7) is 17.1. The Bertz CT molecular complexity index is 978. The minimum atomic E-state index is -0.334. The first-order chi connectivity index (χ1) is 16.2. The Labute approximate surface area is 213 Å². The standard InChI is InChI=1S/C31H49NO3/c1-26(2)15-17-31(25(33)35-8)18-16-29(6)20(21(31)19-26)9-10-23-28(5)13-12-24(32-34)27(3,4)22(28)11-14-30(23,29)7/h9,21-23,34H,10-19H2,1-8H3/b32-24+/t21-,22-,23+,28-,29+,30+,31-/m0/s1. The van der Waals surface area contributed by atoms with Gasteiger partial charge in [-0.15, -0.1) is 0 Å². The second-order valence-corrected chi connectivity index (χ2v) is 15.1. The highest BCUT2D eigenvalue weighted by molar-refractivity contribution is 5.90. The summed E-state index contributed by atoms with van der Waals surface area (Å²) >= 11 is 0. The van der Waals surface area contributed by atoms with Gasteiger partial charge in [0.25, 0.3) is 0 Å². The number of methoxy groups -OCH3 is 1. The highest BCUT2D eigenvalue weighted by Gasteiger charge is 2.69. The predicted octanol–water partition coefficient (Wildman–Crippen LogP) is 7.79. The van der Waals surface area contributed by atoms with Crippen LogP contribution in [0.2, 0.25) is 0 Å². The van der Waals surface area contributed by atoms with Crippen molar-refractivity contribution in [1.82, 2.24) is 0 Å². The van der Waals surface area contributed by atoms with E-state index < -0.39 is 0 Å². The normalized spacial score (nSPS) is 49.1. The average Bonchev–Trinajstić information content (AvgIpc) is 2.78. The molecule has 4 heteroatoms. The smallest absolute Gasteiger partial charge is 0.312 e. The van der Waals surface area contributed by atoms with E-state index in [1.165, 1.54) is 12.8 Å². The first-order valence-corrected chi connectivity index (χ1v) is 14.2. The van der Waals surface area contributed by atoms with Crippen LogP contribution in [0.15, 0.2) is 16.8 Å². The molecule has 4 nitrogen and oxygen atoms in total. The molecule has 5 rings (SSSR count). The fourth-order valence-electron chi connectivity index (χ4n) is 10.8. The number of fused-ring (bicyclic) bond motifs is 7. The molecule has 0 radical (unpaired) electrons. The molecule has 4 saturated carbocycles. The molecule has 196 valence electrons. The molecule has 5 aliphatic carbocycles. The molecule has 0 bridgehead atoms. The molecule has 5 aliphatic rings. The van der Waals surface area contributed by atoms with E-state index in [4.69, 9.17) is 4.74 Å². The maximum Gasteiger partial charge on any atom is 0.312 e. The van der Waals surface area contributed by atoms with Crippen molar-refractivity contribution in [2.45, 2.75) is 113 Å². The van der Waals surface area contributed by atoms with Crippen molar-refractivity contribution in [3.63, 3.8) is 0 Å². The van der Waals surface area contributed by atoms with Gasteiger partial charge in [-0.05, 0) is 104 Å². The molecule has 0 aliphatic heterocycles. The number of allylic oxidation sites excluding steroid dienone is 2. The van der Waals surface area contributed by atoms with E-state index in [2.05, 4.69) is 59.7 Å². The molecular weight excluding hydrogens is 434 g/mol. The van der Waals surface area contributed by atoms with E-state index in [1.54, 1.807) is 12.7 Å². The van der Waals surface area contributed by atoms with E-state index in [1.807, 2.05) is 0 Å². The topological polar surface area (TPSA) is 58.9 Å². The molecule has 4 fully saturated rings. The molecule has 7 atom stereocenters. The van der Waals surface area contributed by atoms with Gasteiger partial charge in [0.1, 0.15) is 0 Å². The van der Waals surface area contributed by atoms with Crippen LogP contribution in [0.5, 0.6) is 0 Å². The Hall–Kier alpha value is -1.32. The largest absolute Gasteiger partial charge is 0.469 e. The number of ether oxygens (including phenoxy) is 1. The number of hydrogen-bond acceptors (Lipinski definition) is 4. The van der Waals surface area contributed by atoms with E-state index in [0.717, 1.165) is 57.1 Å². The van der Waals surface area contributed by atoms with Crippen molar-refractivity contribution < 1.29 is 14.7 Å². The summed E-state index contributed by atoms with van der Waals surface area (Å²) in [5, 5.41) is 13.5. The number of rotatable bonds is 1. The van der Waals surface area contributed by atoms with Crippen LogP contribution in [0.25, 0.3) is 0 Å². The molecule has 1 N–H and O–H groups in total. The Balaban J connectivity index is 1.60. The molecule has 35 heavy (non-hydrogen) atoms. The van der Waals surface area contributed by atoms with Crippen molar-refractivity contribution in [2.24, 2.45) is 55.4 Å². The van der Waals surface area contributed by atoms with Crippen LogP contribution in [-0.4, -0.2) is 24.0 Å². The monoisotopic (exact) mass is 483 g/mol. The molecule has 0 unspecified atom stereocenters. The number of carbonyl (C=O) groups is 1. The van der Waals surface area contributed by atoms with Gasteiger partial charge in [-0.25, -0.2) is 0 Å². The van der Waals surface area contributed by atoms with Gasteiger partial charge in [0, 0.05) is 5.41 Å². The van der Waals surface area contributed by atoms with Crippen molar-refractivity contribution in [2.75, 3.05) is 7.11 Å². The van der Waals surface area contributed by atoms with Gasteiger partial charge in [0.05, 0.1) is 18.2 Å². The van der Waals surface area contributed by atoms with Gasteiger partial charge in [-0.1, -0.05) is 65.3 Å². The highest BCUT2D eigenvalue weighted by atomic mass is 16.5. The van der Waals surface area contributed by atoms with E-state index in [-0.39, 0.29) is 38.5 Å². The zero-order valence-corrected chi connectivity index (χ0v) is 23.6. The third-order valence-corrected chi connectivity index (χ3v) is 13.1. The lowest BCUT2D eigenvalue weighted by Gasteiger charge is -2.70. The second kappa shape index (κ2) is 7.60. The Morgan fingerprint density at radius 2 is 1.66 bits per heavy atom. The number of oxime groups is 1. The van der Waals surface area contributed by atoms with Crippen LogP contribution in [-0.2, 0) is 9.53 Å². The summed E-state index contributed by atoms with van der Waals surface area (Å²) < 4.78 is 5.50. The number of nitrogens with zero attached hydrogens (tertiary/aromatic N) is 1.